The second-order valence-electron chi connectivity index (χ2n) is 5.76. The maximum Gasteiger partial charge on any atom is -0.0102 e. The molecule has 0 amide bonds. The average molecular weight is 294 g/mol. The highest BCUT2D eigenvalue weighted by Gasteiger charge is 2.10. The molecule has 0 aliphatic carbocycles. The van der Waals surface area contributed by atoms with Crippen LogP contribution in [0.1, 0.15) is 18.1 Å². The van der Waals surface area contributed by atoms with Gasteiger partial charge in [-0.25, -0.2) is 0 Å². The molecule has 23 heavy (non-hydrogen) atoms. The summed E-state index contributed by atoms with van der Waals surface area (Å²) >= 11 is 0. The van der Waals surface area contributed by atoms with Crippen molar-refractivity contribution in [3.05, 3.63) is 102 Å². The molecule has 4 rings (SSSR count). The van der Waals surface area contributed by atoms with E-state index < -0.39 is 0 Å². The van der Waals surface area contributed by atoms with Crippen LogP contribution in [-0.2, 0) is 0 Å². The van der Waals surface area contributed by atoms with E-state index in [1.807, 2.05) is 0 Å². The van der Waals surface area contributed by atoms with Crippen LogP contribution < -0.4 is 0 Å². The minimum absolute atomic E-state index is 1.28. The lowest BCUT2D eigenvalue weighted by Crippen LogP contribution is -1.91. The number of fused-ring (bicyclic) bond motifs is 2. The maximum absolute atomic E-state index is 2.23. The van der Waals surface area contributed by atoms with E-state index in [4.69, 9.17) is 0 Å². The Bertz CT molecular complexity index is 930. The molecule has 0 N–H and O–H groups in total. The van der Waals surface area contributed by atoms with Crippen molar-refractivity contribution < 1.29 is 0 Å². The van der Waals surface area contributed by atoms with Crippen LogP contribution >= 0.6 is 0 Å². The molecule has 0 unspecified atom stereocenters. The van der Waals surface area contributed by atoms with Gasteiger partial charge in [0.15, 0.2) is 0 Å². The van der Waals surface area contributed by atoms with Crippen molar-refractivity contribution in [1.29, 1.82) is 0 Å². The Kier molecular flexibility index (Phi) is 3.44. The van der Waals surface area contributed by atoms with Crippen LogP contribution in [0.2, 0.25) is 0 Å². The highest BCUT2D eigenvalue weighted by atomic mass is 14.1. The summed E-state index contributed by atoms with van der Waals surface area (Å²) in [5, 5.41) is 5.17. The predicted molar refractivity (Wildman–Crippen MR) is 101 cm³/mol. The van der Waals surface area contributed by atoms with E-state index in [1.54, 1.807) is 0 Å². The Morgan fingerprint density at radius 1 is 0.565 bits per heavy atom. The predicted octanol–water partition coefficient (Wildman–Crippen LogP) is 6.44. The van der Waals surface area contributed by atoms with Gasteiger partial charge in [-0.1, -0.05) is 91.0 Å². The average Bonchev–Trinajstić information content (AvgIpc) is 2.63. The molecular formula is C23H18. The van der Waals surface area contributed by atoms with Crippen molar-refractivity contribution in [2.45, 2.75) is 6.92 Å². The summed E-state index contributed by atoms with van der Waals surface area (Å²) in [6.45, 7) is 2.12. The van der Waals surface area contributed by atoms with Gasteiger partial charge in [0.1, 0.15) is 0 Å². The fraction of sp³-hybridized carbons (Fsp3) is 0.0435. The molecule has 0 nitrogen and oxygen atoms in total. The Morgan fingerprint density at radius 3 is 1.48 bits per heavy atom. The first-order valence-electron chi connectivity index (χ1n) is 8.01. The molecule has 0 fully saturated rings. The number of allylic oxidation sites excluding steroid dienone is 1. The molecule has 4 aromatic rings. The van der Waals surface area contributed by atoms with Crippen LogP contribution in [0.25, 0.3) is 27.1 Å². The van der Waals surface area contributed by atoms with Gasteiger partial charge in [0.25, 0.3) is 0 Å². The monoisotopic (exact) mass is 294 g/mol. The van der Waals surface area contributed by atoms with Gasteiger partial charge in [0.2, 0.25) is 0 Å². The quantitative estimate of drug-likeness (QED) is 0.399. The zero-order chi connectivity index (χ0) is 15.6. The number of hydrogen-bond donors (Lipinski definition) is 0. The van der Waals surface area contributed by atoms with Crippen LogP contribution in [0.5, 0.6) is 0 Å². The van der Waals surface area contributed by atoms with E-state index in [0.717, 1.165) is 0 Å². The van der Waals surface area contributed by atoms with E-state index in [9.17, 15) is 0 Å². The van der Waals surface area contributed by atoms with Gasteiger partial charge in [-0.15, -0.1) is 0 Å². The SMILES string of the molecule is CC=C(c1cccc2ccccc12)c1cccc2ccccc12. The fourth-order valence-electron chi connectivity index (χ4n) is 3.38. The zero-order valence-corrected chi connectivity index (χ0v) is 13.2. The molecule has 0 aliphatic rings. The third-order valence-corrected chi connectivity index (χ3v) is 4.45. The molecule has 0 aliphatic heterocycles. The van der Waals surface area contributed by atoms with E-state index in [1.165, 1.54) is 38.2 Å². The Labute approximate surface area is 136 Å². The van der Waals surface area contributed by atoms with E-state index >= 15 is 0 Å². The fourth-order valence-corrected chi connectivity index (χ4v) is 3.38. The summed E-state index contributed by atoms with van der Waals surface area (Å²) in [4.78, 5) is 0. The molecule has 110 valence electrons. The Hall–Kier alpha value is -2.86. The summed E-state index contributed by atoms with van der Waals surface area (Å²) in [6.07, 6.45) is 2.23. The van der Waals surface area contributed by atoms with Crippen molar-refractivity contribution in [1.82, 2.24) is 0 Å². The molecule has 0 aromatic heterocycles. The summed E-state index contributed by atoms with van der Waals surface area (Å²) in [5.74, 6) is 0. The second kappa shape index (κ2) is 5.73. The minimum Gasteiger partial charge on any atom is -0.0791 e. The Morgan fingerprint density at radius 2 is 1.00 bits per heavy atom. The number of benzene rings is 4. The Balaban J connectivity index is 2.02. The van der Waals surface area contributed by atoms with Crippen molar-refractivity contribution >= 4 is 27.1 Å². The van der Waals surface area contributed by atoms with Crippen LogP contribution in [-0.4, -0.2) is 0 Å². The molecule has 0 spiro atoms. The van der Waals surface area contributed by atoms with Crippen molar-refractivity contribution in [3.8, 4) is 0 Å². The van der Waals surface area contributed by atoms with Gasteiger partial charge in [0.05, 0.1) is 0 Å². The van der Waals surface area contributed by atoms with Crippen LogP contribution in [0.4, 0.5) is 0 Å². The first-order valence-corrected chi connectivity index (χ1v) is 8.01. The third kappa shape index (κ3) is 2.33. The van der Waals surface area contributed by atoms with E-state index in [-0.39, 0.29) is 0 Å². The van der Waals surface area contributed by atoms with Crippen LogP contribution in [0, 0.1) is 0 Å². The second-order valence-corrected chi connectivity index (χ2v) is 5.76. The van der Waals surface area contributed by atoms with Crippen LogP contribution in [0.3, 0.4) is 0 Å². The standard InChI is InChI=1S/C23H18/c1-2-19(22-15-7-11-17-9-3-5-13-20(17)22)23-16-8-12-18-10-4-6-14-21(18)23/h2-16H,1H3. The first-order chi connectivity index (χ1) is 11.4. The number of rotatable bonds is 2. The molecule has 0 saturated heterocycles. The first kappa shape index (κ1) is 13.8. The molecule has 0 heteroatoms. The summed E-state index contributed by atoms with van der Waals surface area (Å²) in [5.41, 5.74) is 3.88. The summed E-state index contributed by atoms with van der Waals surface area (Å²) < 4.78 is 0. The van der Waals surface area contributed by atoms with Crippen molar-refractivity contribution in [2.24, 2.45) is 0 Å². The highest BCUT2D eigenvalue weighted by Crippen LogP contribution is 2.33. The van der Waals surface area contributed by atoms with E-state index in [2.05, 4.69) is 97.9 Å². The molecule has 0 atom stereocenters. The van der Waals surface area contributed by atoms with Gasteiger partial charge in [-0.3, -0.25) is 0 Å². The lowest BCUT2D eigenvalue weighted by Gasteiger charge is -2.14. The maximum atomic E-state index is 2.23. The van der Waals surface area contributed by atoms with Crippen LogP contribution in [0.15, 0.2) is 91.0 Å². The summed E-state index contributed by atoms with van der Waals surface area (Å²) in [7, 11) is 0. The summed E-state index contributed by atoms with van der Waals surface area (Å²) in [6, 6.07) is 30.3. The highest BCUT2D eigenvalue weighted by molar-refractivity contribution is 6.03. The lowest BCUT2D eigenvalue weighted by molar-refractivity contribution is 1.58. The zero-order valence-electron chi connectivity index (χ0n) is 13.2. The molecule has 0 heterocycles. The lowest BCUT2D eigenvalue weighted by atomic mass is 9.90. The number of hydrogen-bond acceptors (Lipinski definition) is 0. The van der Waals surface area contributed by atoms with Gasteiger partial charge >= 0.3 is 0 Å². The van der Waals surface area contributed by atoms with Gasteiger partial charge in [-0.2, -0.15) is 0 Å². The van der Waals surface area contributed by atoms with Gasteiger partial charge in [-0.05, 0) is 45.2 Å². The smallest absolute Gasteiger partial charge is 0.0102 e. The normalized spacial score (nSPS) is 10.8. The van der Waals surface area contributed by atoms with Crippen molar-refractivity contribution in [3.63, 3.8) is 0 Å². The van der Waals surface area contributed by atoms with E-state index in [0.29, 0.717) is 0 Å². The molecular weight excluding hydrogens is 276 g/mol. The van der Waals surface area contributed by atoms with Gasteiger partial charge in [0, 0.05) is 0 Å². The largest absolute Gasteiger partial charge is 0.0791 e. The molecule has 0 bridgehead atoms. The molecule has 0 saturated carbocycles. The third-order valence-electron chi connectivity index (χ3n) is 4.45. The van der Waals surface area contributed by atoms with Gasteiger partial charge < -0.3 is 0 Å². The van der Waals surface area contributed by atoms with Crippen molar-refractivity contribution in [2.75, 3.05) is 0 Å². The topological polar surface area (TPSA) is 0 Å². The molecule has 0 radical (unpaired) electrons. The minimum atomic E-state index is 1.28. The molecule has 4 aromatic carbocycles.